The first-order valence-electron chi connectivity index (χ1n) is 5.63. The number of ether oxygens (including phenoxy) is 2. The number of hydrogen-bond acceptors (Lipinski definition) is 2. The van der Waals surface area contributed by atoms with Crippen molar-refractivity contribution in [3.05, 3.63) is 34.9 Å². The van der Waals surface area contributed by atoms with Gasteiger partial charge in [-0.25, -0.2) is 0 Å². The fraction of sp³-hybridized carbons (Fsp3) is 0.538. The van der Waals surface area contributed by atoms with Gasteiger partial charge in [0, 0.05) is 12.8 Å². The molecule has 0 radical (unpaired) electrons. The van der Waals surface area contributed by atoms with E-state index in [4.69, 9.17) is 9.47 Å². The predicted octanol–water partition coefficient (Wildman–Crippen LogP) is 1.88. The minimum Gasteiger partial charge on any atom is -0.373 e. The second-order valence-corrected chi connectivity index (χ2v) is 4.53. The number of rotatable bonds is 4. The van der Waals surface area contributed by atoms with Crippen molar-refractivity contribution in [3.8, 4) is 0 Å². The number of benzene rings is 1. The van der Waals surface area contributed by atoms with Crippen molar-refractivity contribution in [2.75, 3.05) is 13.2 Å². The van der Waals surface area contributed by atoms with Gasteiger partial charge in [-0.05, 0) is 23.6 Å². The van der Waals surface area contributed by atoms with Crippen LogP contribution in [0.2, 0.25) is 0 Å². The Labute approximate surface area is 90.2 Å². The van der Waals surface area contributed by atoms with Gasteiger partial charge in [0.25, 0.3) is 0 Å². The Morgan fingerprint density at radius 2 is 1.80 bits per heavy atom. The molecule has 2 heterocycles. The number of aryl methyl sites for hydroxylation is 1. The first kappa shape index (κ1) is 9.37. The van der Waals surface area contributed by atoms with E-state index in [1.807, 2.05) is 0 Å². The van der Waals surface area contributed by atoms with Crippen LogP contribution in [0.1, 0.15) is 16.7 Å². The monoisotopic (exact) mass is 204 g/mol. The van der Waals surface area contributed by atoms with Crippen LogP contribution in [0, 0.1) is 6.92 Å². The summed E-state index contributed by atoms with van der Waals surface area (Å²) in [5.74, 6) is 0. The van der Waals surface area contributed by atoms with Crippen LogP contribution in [0.3, 0.4) is 0 Å². The molecule has 0 saturated carbocycles. The maximum Gasteiger partial charge on any atom is 0.0850 e. The highest BCUT2D eigenvalue weighted by Gasteiger charge is 2.27. The van der Waals surface area contributed by atoms with Gasteiger partial charge in [0.1, 0.15) is 0 Å². The minimum atomic E-state index is 0.477. The lowest BCUT2D eigenvalue weighted by Crippen LogP contribution is -2.04. The molecule has 0 aromatic heterocycles. The Morgan fingerprint density at radius 3 is 2.47 bits per heavy atom. The standard InChI is InChI=1S/C13H16O2/c1-9-3-2-4-10(5-11-7-14-11)13(9)6-12-8-15-12/h2-4,11-12H,5-8H2,1H3. The average molecular weight is 204 g/mol. The fourth-order valence-electron chi connectivity index (χ4n) is 2.09. The highest BCUT2D eigenvalue weighted by Crippen LogP contribution is 2.25. The molecule has 15 heavy (non-hydrogen) atoms. The zero-order chi connectivity index (χ0) is 10.3. The molecule has 1 aromatic rings. The highest BCUT2D eigenvalue weighted by atomic mass is 16.6. The molecule has 3 rings (SSSR count). The van der Waals surface area contributed by atoms with Gasteiger partial charge in [-0.15, -0.1) is 0 Å². The molecule has 2 fully saturated rings. The summed E-state index contributed by atoms with van der Waals surface area (Å²) >= 11 is 0. The molecular formula is C13H16O2. The van der Waals surface area contributed by atoms with E-state index < -0.39 is 0 Å². The fourth-order valence-corrected chi connectivity index (χ4v) is 2.09. The summed E-state index contributed by atoms with van der Waals surface area (Å²) < 4.78 is 10.6. The molecule has 2 aliphatic rings. The summed E-state index contributed by atoms with van der Waals surface area (Å²) in [6.45, 7) is 4.07. The summed E-state index contributed by atoms with van der Waals surface area (Å²) in [6, 6.07) is 6.56. The Balaban J connectivity index is 1.84. The van der Waals surface area contributed by atoms with Gasteiger partial charge in [-0.3, -0.25) is 0 Å². The molecule has 2 saturated heterocycles. The highest BCUT2D eigenvalue weighted by molar-refractivity contribution is 5.36. The minimum absolute atomic E-state index is 0.477. The van der Waals surface area contributed by atoms with E-state index in [-0.39, 0.29) is 0 Å². The maximum absolute atomic E-state index is 5.31. The predicted molar refractivity (Wildman–Crippen MR) is 58.1 cm³/mol. The van der Waals surface area contributed by atoms with E-state index >= 15 is 0 Å². The SMILES string of the molecule is Cc1cccc(CC2CO2)c1CC1CO1. The molecule has 80 valence electrons. The second kappa shape index (κ2) is 3.62. The third-order valence-corrected chi connectivity index (χ3v) is 3.19. The van der Waals surface area contributed by atoms with Crippen molar-refractivity contribution in [2.24, 2.45) is 0 Å². The lowest BCUT2D eigenvalue weighted by molar-refractivity contribution is 0.401. The topological polar surface area (TPSA) is 25.1 Å². The molecule has 2 heteroatoms. The summed E-state index contributed by atoms with van der Waals surface area (Å²) in [4.78, 5) is 0. The van der Waals surface area contributed by atoms with Crippen molar-refractivity contribution >= 4 is 0 Å². The van der Waals surface area contributed by atoms with E-state index in [9.17, 15) is 0 Å². The number of epoxide rings is 2. The third kappa shape index (κ3) is 2.21. The van der Waals surface area contributed by atoms with Crippen LogP contribution in [-0.4, -0.2) is 25.4 Å². The molecule has 0 bridgehead atoms. The molecule has 0 amide bonds. The Hall–Kier alpha value is -0.860. The van der Waals surface area contributed by atoms with Gasteiger partial charge in [0.05, 0.1) is 25.4 Å². The zero-order valence-corrected chi connectivity index (χ0v) is 9.03. The Bertz CT molecular complexity index is 365. The zero-order valence-electron chi connectivity index (χ0n) is 9.03. The molecule has 2 nitrogen and oxygen atoms in total. The second-order valence-electron chi connectivity index (χ2n) is 4.53. The normalized spacial score (nSPS) is 27.8. The van der Waals surface area contributed by atoms with Gasteiger partial charge in [-0.2, -0.15) is 0 Å². The van der Waals surface area contributed by atoms with Crippen LogP contribution >= 0.6 is 0 Å². The van der Waals surface area contributed by atoms with Crippen LogP contribution in [0.5, 0.6) is 0 Å². The first-order valence-corrected chi connectivity index (χ1v) is 5.63. The first-order chi connectivity index (χ1) is 7.33. The summed E-state index contributed by atoms with van der Waals surface area (Å²) in [7, 11) is 0. The lowest BCUT2D eigenvalue weighted by Gasteiger charge is -2.10. The molecule has 2 unspecified atom stereocenters. The molecule has 1 aromatic carbocycles. The number of hydrogen-bond donors (Lipinski definition) is 0. The summed E-state index contributed by atoms with van der Waals surface area (Å²) in [6.07, 6.45) is 3.11. The Morgan fingerprint density at radius 1 is 1.13 bits per heavy atom. The molecular weight excluding hydrogens is 188 g/mol. The van der Waals surface area contributed by atoms with Crippen molar-refractivity contribution in [3.63, 3.8) is 0 Å². The average Bonchev–Trinajstić information content (AvgIpc) is 3.06. The Kier molecular flexibility index (Phi) is 2.26. The van der Waals surface area contributed by atoms with E-state index in [1.165, 1.54) is 16.7 Å². The van der Waals surface area contributed by atoms with Crippen LogP contribution < -0.4 is 0 Å². The van der Waals surface area contributed by atoms with Crippen LogP contribution in [0.4, 0.5) is 0 Å². The van der Waals surface area contributed by atoms with Gasteiger partial charge >= 0.3 is 0 Å². The van der Waals surface area contributed by atoms with E-state index in [0.29, 0.717) is 12.2 Å². The summed E-state index contributed by atoms with van der Waals surface area (Å²) in [5, 5.41) is 0. The van der Waals surface area contributed by atoms with Crippen molar-refractivity contribution in [1.82, 2.24) is 0 Å². The molecule has 2 aliphatic heterocycles. The third-order valence-electron chi connectivity index (χ3n) is 3.19. The largest absolute Gasteiger partial charge is 0.373 e. The van der Waals surface area contributed by atoms with Gasteiger partial charge < -0.3 is 9.47 Å². The molecule has 0 N–H and O–H groups in total. The van der Waals surface area contributed by atoms with E-state index in [2.05, 4.69) is 25.1 Å². The quantitative estimate of drug-likeness (QED) is 0.700. The van der Waals surface area contributed by atoms with Gasteiger partial charge in [0.2, 0.25) is 0 Å². The van der Waals surface area contributed by atoms with Crippen molar-refractivity contribution in [2.45, 2.75) is 32.0 Å². The van der Waals surface area contributed by atoms with Crippen molar-refractivity contribution in [1.29, 1.82) is 0 Å². The molecule has 2 atom stereocenters. The van der Waals surface area contributed by atoms with Gasteiger partial charge in [0.15, 0.2) is 0 Å². The van der Waals surface area contributed by atoms with Gasteiger partial charge in [-0.1, -0.05) is 18.2 Å². The van der Waals surface area contributed by atoms with Crippen LogP contribution in [0.25, 0.3) is 0 Å². The molecule has 0 spiro atoms. The van der Waals surface area contributed by atoms with Crippen molar-refractivity contribution < 1.29 is 9.47 Å². The smallest absolute Gasteiger partial charge is 0.0850 e. The maximum atomic E-state index is 5.31. The summed E-state index contributed by atoms with van der Waals surface area (Å²) in [5.41, 5.74) is 4.33. The van der Waals surface area contributed by atoms with E-state index in [1.54, 1.807) is 0 Å². The lowest BCUT2D eigenvalue weighted by atomic mass is 9.95. The van der Waals surface area contributed by atoms with Crippen LogP contribution in [-0.2, 0) is 22.3 Å². The van der Waals surface area contributed by atoms with Crippen LogP contribution in [0.15, 0.2) is 18.2 Å². The molecule has 0 aliphatic carbocycles. The van der Waals surface area contributed by atoms with E-state index in [0.717, 1.165) is 26.1 Å².